The number of aliphatic hydroxyl groups excluding tert-OH is 1. The number of β-amino-alcohol motifs (C(OH)–C–C–N with tert-alkyl or cyclic N) is 1. The Bertz CT molecular complexity index is 342. The van der Waals surface area contributed by atoms with E-state index in [-0.39, 0.29) is 19.0 Å². The molecule has 6 heteroatoms. The van der Waals surface area contributed by atoms with Crippen LogP contribution in [0.5, 0.6) is 0 Å². The molecule has 2 rings (SSSR count). The molecule has 1 saturated carbocycles. The molecule has 2 atom stereocenters. The van der Waals surface area contributed by atoms with Gasteiger partial charge in [0.1, 0.15) is 6.04 Å². The maximum absolute atomic E-state index is 11.9. The highest BCUT2D eigenvalue weighted by molar-refractivity contribution is 5.83. The Morgan fingerprint density at radius 3 is 2.58 bits per heavy atom. The monoisotopic (exact) mass is 270 g/mol. The van der Waals surface area contributed by atoms with Crippen molar-refractivity contribution in [2.45, 2.75) is 50.7 Å². The molecule has 3 N–H and O–H groups in total. The second-order valence-corrected chi connectivity index (χ2v) is 5.57. The first-order chi connectivity index (χ1) is 9.08. The Kier molecular flexibility index (Phi) is 4.63. The minimum atomic E-state index is -1.05. The number of carboxylic acids is 1. The molecule has 0 aromatic rings. The lowest BCUT2D eigenvalue weighted by Gasteiger charge is -2.22. The minimum Gasteiger partial charge on any atom is -0.480 e. The first-order valence-electron chi connectivity index (χ1n) is 7.03. The fourth-order valence-corrected chi connectivity index (χ4v) is 3.06. The van der Waals surface area contributed by atoms with Crippen LogP contribution in [0.25, 0.3) is 0 Å². The Balaban J connectivity index is 1.76. The molecule has 0 bridgehead atoms. The van der Waals surface area contributed by atoms with Gasteiger partial charge in [-0.2, -0.15) is 0 Å². The van der Waals surface area contributed by atoms with Crippen LogP contribution in [0, 0.1) is 5.92 Å². The molecular formula is C13H22N2O4. The van der Waals surface area contributed by atoms with Gasteiger partial charge in [-0.05, 0) is 12.3 Å². The molecule has 0 spiro atoms. The van der Waals surface area contributed by atoms with Crippen molar-refractivity contribution in [3.63, 3.8) is 0 Å². The number of rotatable bonds is 4. The molecule has 1 heterocycles. The maximum atomic E-state index is 11.9. The van der Waals surface area contributed by atoms with Crippen LogP contribution in [0.2, 0.25) is 0 Å². The highest BCUT2D eigenvalue weighted by atomic mass is 16.4. The average molecular weight is 270 g/mol. The van der Waals surface area contributed by atoms with E-state index in [2.05, 4.69) is 5.32 Å². The topological polar surface area (TPSA) is 89.9 Å². The Labute approximate surface area is 112 Å². The van der Waals surface area contributed by atoms with Gasteiger partial charge in [0.25, 0.3) is 0 Å². The lowest BCUT2D eigenvalue weighted by atomic mass is 10.0. The fraction of sp³-hybridized carbons (Fsp3) is 0.846. The third kappa shape index (κ3) is 3.59. The zero-order valence-electron chi connectivity index (χ0n) is 11.0. The summed E-state index contributed by atoms with van der Waals surface area (Å²) < 4.78 is 0. The Morgan fingerprint density at radius 1 is 1.26 bits per heavy atom. The first kappa shape index (κ1) is 14.1. The summed E-state index contributed by atoms with van der Waals surface area (Å²) in [6, 6.07) is -1.27. The van der Waals surface area contributed by atoms with E-state index in [1.54, 1.807) is 0 Å². The molecule has 108 valence electrons. The summed E-state index contributed by atoms with van der Waals surface area (Å²) in [6.45, 7) is 0.689. The van der Waals surface area contributed by atoms with Crippen LogP contribution in [-0.4, -0.2) is 52.3 Å². The van der Waals surface area contributed by atoms with E-state index in [4.69, 9.17) is 5.11 Å². The quantitative estimate of drug-likeness (QED) is 0.704. The van der Waals surface area contributed by atoms with Crippen LogP contribution in [0.15, 0.2) is 0 Å². The number of carbonyl (C=O) groups is 2. The second kappa shape index (κ2) is 6.23. The largest absolute Gasteiger partial charge is 0.480 e. The zero-order chi connectivity index (χ0) is 13.8. The summed E-state index contributed by atoms with van der Waals surface area (Å²) in [4.78, 5) is 24.2. The van der Waals surface area contributed by atoms with Gasteiger partial charge in [-0.25, -0.2) is 9.59 Å². The fourth-order valence-electron chi connectivity index (χ4n) is 3.06. The van der Waals surface area contributed by atoms with Crippen molar-refractivity contribution in [1.29, 1.82) is 0 Å². The van der Waals surface area contributed by atoms with E-state index >= 15 is 0 Å². The molecule has 1 saturated heterocycles. The molecule has 1 aliphatic carbocycles. The highest BCUT2D eigenvalue weighted by Crippen LogP contribution is 2.27. The normalized spacial score (nSPS) is 27.7. The van der Waals surface area contributed by atoms with Gasteiger partial charge in [0, 0.05) is 19.5 Å². The standard InChI is InChI=1S/C13H22N2O4/c16-10-7-11(12(17)18)15(8-10)13(19)14-6-5-9-3-1-2-4-9/h9-11,16H,1-8H2,(H,14,19)(H,17,18)/t10?,11-/m0/s1. The van der Waals surface area contributed by atoms with Crippen LogP contribution in [0.1, 0.15) is 38.5 Å². The van der Waals surface area contributed by atoms with Gasteiger partial charge >= 0.3 is 12.0 Å². The van der Waals surface area contributed by atoms with E-state index in [9.17, 15) is 14.7 Å². The molecule has 19 heavy (non-hydrogen) atoms. The molecule has 2 fully saturated rings. The summed E-state index contributed by atoms with van der Waals surface area (Å²) in [5, 5.41) is 21.3. The average Bonchev–Trinajstić information content (AvgIpc) is 2.98. The van der Waals surface area contributed by atoms with Crippen molar-refractivity contribution >= 4 is 12.0 Å². The number of nitrogens with zero attached hydrogens (tertiary/aromatic N) is 1. The van der Waals surface area contributed by atoms with Gasteiger partial charge < -0.3 is 20.4 Å². The molecule has 2 aliphatic rings. The number of aliphatic hydroxyl groups is 1. The van der Waals surface area contributed by atoms with Crippen LogP contribution in [0.3, 0.4) is 0 Å². The van der Waals surface area contributed by atoms with Crippen molar-refractivity contribution in [2.75, 3.05) is 13.1 Å². The predicted molar refractivity (Wildman–Crippen MR) is 68.7 cm³/mol. The first-order valence-corrected chi connectivity index (χ1v) is 7.03. The molecule has 6 nitrogen and oxygen atoms in total. The van der Waals surface area contributed by atoms with Gasteiger partial charge in [0.2, 0.25) is 0 Å². The summed E-state index contributed by atoms with van der Waals surface area (Å²) >= 11 is 0. The van der Waals surface area contributed by atoms with Crippen LogP contribution < -0.4 is 5.32 Å². The van der Waals surface area contributed by atoms with Gasteiger partial charge in [-0.3, -0.25) is 0 Å². The zero-order valence-corrected chi connectivity index (χ0v) is 11.0. The van der Waals surface area contributed by atoms with E-state index in [1.165, 1.54) is 30.6 Å². The smallest absolute Gasteiger partial charge is 0.326 e. The van der Waals surface area contributed by atoms with Crippen molar-refractivity contribution in [3.8, 4) is 0 Å². The number of urea groups is 1. The Hall–Kier alpha value is -1.30. The lowest BCUT2D eigenvalue weighted by Crippen LogP contribution is -2.46. The third-order valence-electron chi connectivity index (χ3n) is 4.13. The van der Waals surface area contributed by atoms with Crippen molar-refractivity contribution < 1.29 is 19.8 Å². The molecule has 0 radical (unpaired) electrons. The van der Waals surface area contributed by atoms with E-state index in [0.717, 1.165) is 6.42 Å². The number of hydrogen-bond donors (Lipinski definition) is 3. The van der Waals surface area contributed by atoms with Gasteiger partial charge in [0.15, 0.2) is 0 Å². The predicted octanol–water partition coefficient (Wildman–Crippen LogP) is 0.796. The maximum Gasteiger partial charge on any atom is 0.326 e. The molecule has 0 aromatic heterocycles. The number of amides is 2. The van der Waals surface area contributed by atoms with Crippen molar-refractivity contribution in [3.05, 3.63) is 0 Å². The summed E-state index contributed by atoms with van der Waals surface area (Å²) in [5.74, 6) is -0.359. The van der Waals surface area contributed by atoms with Gasteiger partial charge in [-0.15, -0.1) is 0 Å². The van der Waals surface area contributed by atoms with E-state index in [0.29, 0.717) is 12.5 Å². The molecule has 2 amide bonds. The number of nitrogens with one attached hydrogen (secondary N) is 1. The molecule has 0 aromatic carbocycles. The van der Waals surface area contributed by atoms with Gasteiger partial charge in [-0.1, -0.05) is 25.7 Å². The SMILES string of the molecule is O=C(O)[C@@H]1CC(O)CN1C(=O)NCCC1CCCC1. The molecule has 1 unspecified atom stereocenters. The lowest BCUT2D eigenvalue weighted by molar-refractivity contribution is -0.141. The van der Waals surface area contributed by atoms with Gasteiger partial charge in [0.05, 0.1) is 6.10 Å². The number of hydrogen-bond acceptors (Lipinski definition) is 3. The number of carbonyl (C=O) groups excluding carboxylic acids is 1. The summed E-state index contributed by atoms with van der Waals surface area (Å²) in [5.41, 5.74) is 0. The number of carboxylic acid groups (broad SMARTS) is 1. The third-order valence-corrected chi connectivity index (χ3v) is 4.13. The van der Waals surface area contributed by atoms with Crippen LogP contribution in [0.4, 0.5) is 4.79 Å². The van der Waals surface area contributed by atoms with Crippen molar-refractivity contribution in [1.82, 2.24) is 10.2 Å². The summed E-state index contributed by atoms with van der Waals surface area (Å²) in [6.07, 6.45) is 5.36. The van der Waals surface area contributed by atoms with Crippen LogP contribution in [-0.2, 0) is 4.79 Å². The second-order valence-electron chi connectivity index (χ2n) is 5.57. The van der Waals surface area contributed by atoms with E-state index < -0.39 is 18.1 Å². The summed E-state index contributed by atoms with van der Waals surface area (Å²) in [7, 11) is 0. The number of aliphatic carboxylic acids is 1. The van der Waals surface area contributed by atoms with Crippen LogP contribution >= 0.6 is 0 Å². The highest BCUT2D eigenvalue weighted by Gasteiger charge is 2.38. The van der Waals surface area contributed by atoms with E-state index in [1.807, 2.05) is 0 Å². The Morgan fingerprint density at radius 2 is 1.95 bits per heavy atom. The van der Waals surface area contributed by atoms with Crippen molar-refractivity contribution in [2.24, 2.45) is 5.92 Å². The molecule has 1 aliphatic heterocycles. The minimum absolute atomic E-state index is 0.103. The number of likely N-dealkylation sites (tertiary alicyclic amines) is 1. The molecular weight excluding hydrogens is 248 g/mol.